The van der Waals surface area contributed by atoms with E-state index in [-0.39, 0.29) is 30.8 Å². The first kappa shape index (κ1) is 60.0. The van der Waals surface area contributed by atoms with Crippen LogP contribution in [0.3, 0.4) is 0 Å². The van der Waals surface area contributed by atoms with Crippen LogP contribution in [-0.4, -0.2) is 109 Å². The van der Waals surface area contributed by atoms with Crippen LogP contribution in [-0.2, 0) is 28.4 Å². The number of ether oxygens (including phenoxy) is 5. The Kier molecular flexibility index (Phi) is 15.5. The van der Waals surface area contributed by atoms with E-state index in [0.29, 0.717) is 35.5 Å². The first-order valence-electron chi connectivity index (χ1n) is 28.6. The van der Waals surface area contributed by atoms with Crippen LogP contribution in [0.25, 0.3) is 22.2 Å². The van der Waals surface area contributed by atoms with Gasteiger partial charge in [-0.05, 0) is 98.3 Å². The average molecular weight is 1210 g/mol. The van der Waals surface area contributed by atoms with Crippen molar-refractivity contribution in [1.29, 1.82) is 0 Å². The summed E-state index contributed by atoms with van der Waals surface area (Å²) in [4.78, 5) is 37.1. The van der Waals surface area contributed by atoms with Gasteiger partial charge in [0.05, 0.1) is 54.6 Å². The lowest BCUT2D eigenvalue weighted by atomic mass is 9.98. The van der Waals surface area contributed by atoms with Crippen LogP contribution in [0.1, 0.15) is 90.1 Å². The number of carbonyl (C=O) groups excluding carboxylic acids is 1. The highest BCUT2D eigenvalue weighted by Crippen LogP contribution is 2.61. The van der Waals surface area contributed by atoms with Crippen molar-refractivity contribution in [2.75, 3.05) is 43.8 Å². The minimum absolute atomic E-state index is 0.0403. The maximum absolute atomic E-state index is 18.5. The molecule has 2 saturated heterocycles. The molecular weight excluding hydrogens is 1140 g/mol. The Morgan fingerprint density at radius 3 is 1.85 bits per heavy atom. The van der Waals surface area contributed by atoms with Crippen molar-refractivity contribution in [3.05, 3.63) is 143 Å². The topological polar surface area (TPSA) is 134 Å². The number of fused-ring (bicyclic) bond motifs is 5. The summed E-state index contributed by atoms with van der Waals surface area (Å²) in [6, 6.07) is 30.1. The van der Waals surface area contributed by atoms with Crippen molar-refractivity contribution in [3.63, 3.8) is 0 Å². The Morgan fingerprint density at radius 1 is 0.767 bits per heavy atom. The molecule has 6 heterocycles. The molecule has 1 aliphatic carbocycles. The number of hydrogen-bond donors (Lipinski definition) is 0. The van der Waals surface area contributed by atoms with Crippen LogP contribution in [0.4, 0.5) is 47.2 Å². The largest absolute Gasteiger partial charge is 0.497 e. The lowest BCUT2D eigenvalue weighted by molar-refractivity contribution is -0.138. The zero-order chi connectivity index (χ0) is 61.5. The number of pyridine rings is 2. The van der Waals surface area contributed by atoms with Crippen molar-refractivity contribution >= 4 is 47.3 Å². The molecular formula is C64H68F7N7O7Si. The lowest BCUT2D eigenvalue weighted by Crippen LogP contribution is -2.67. The molecule has 1 saturated carbocycles. The summed E-state index contributed by atoms with van der Waals surface area (Å²) in [7, 11) is -0.414. The molecule has 3 fully saturated rings. The highest BCUT2D eigenvalue weighted by molar-refractivity contribution is 6.99. The van der Waals surface area contributed by atoms with Crippen molar-refractivity contribution in [3.8, 4) is 34.6 Å². The minimum atomic E-state index is -5.34. The van der Waals surface area contributed by atoms with Crippen LogP contribution in [0.2, 0.25) is 5.04 Å². The number of methoxy groups -OCH3 is 2. The number of aryl methyl sites for hydroxylation is 1. The molecule has 4 aliphatic rings. The van der Waals surface area contributed by atoms with Gasteiger partial charge in [0.2, 0.25) is 5.88 Å². The third kappa shape index (κ3) is 10.9. The van der Waals surface area contributed by atoms with Gasteiger partial charge in [0.15, 0.2) is 17.5 Å². The second-order valence-corrected chi connectivity index (χ2v) is 29.1. The van der Waals surface area contributed by atoms with Gasteiger partial charge >= 0.3 is 18.3 Å². The molecule has 14 nitrogen and oxygen atoms in total. The molecule has 0 spiro atoms. The van der Waals surface area contributed by atoms with E-state index in [1.807, 2.05) is 86.3 Å². The first-order chi connectivity index (χ1) is 40.7. The summed E-state index contributed by atoms with van der Waals surface area (Å²) >= 11 is 0. The predicted molar refractivity (Wildman–Crippen MR) is 313 cm³/mol. The van der Waals surface area contributed by atoms with E-state index in [2.05, 4.69) is 15.0 Å². The number of nitrogens with zero attached hydrogens (tertiary/aromatic N) is 7. The lowest BCUT2D eigenvalue weighted by Gasteiger charge is -2.48. The molecule has 3 aromatic heterocycles. The summed E-state index contributed by atoms with van der Waals surface area (Å²) in [6.07, 6.45) is -6.54. The second kappa shape index (κ2) is 22.2. The fourth-order valence-electron chi connectivity index (χ4n) is 12.7. The Bertz CT molecular complexity index is 3580. The normalized spacial score (nSPS) is 20.7. The van der Waals surface area contributed by atoms with Crippen LogP contribution in [0.5, 0.6) is 23.4 Å². The number of piperazine rings is 1. The summed E-state index contributed by atoms with van der Waals surface area (Å²) in [6.45, 7) is 12.7. The number of halogens is 7. The molecule has 454 valence electrons. The second-order valence-electron chi connectivity index (χ2n) is 24.8. The highest BCUT2D eigenvalue weighted by Gasteiger charge is 2.73. The van der Waals surface area contributed by atoms with Crippen molar-refractivity contribution in [1.82, 2.24) is 24.8 Å². The Balaban J connectivity index is 1.07. The first-order valence-corrected chi connectivity index (χ1v) is 30.5. The van der Waals surface area contributed by atoms with E-state index >= 15 is 30.7 Å². The van der Waals surface area contributed by atoms with Crippen LogP contribution < -0.4 is 39.1 Å². The van der Waals surface area contributed by atoms with Gasteiger partial charge in [0, 0.05) is 32.7 Å². The maximum Gasteiger partial charge on any atom is 0.418 e. The molecule has 0 radical (unpaired) electrons. The number of alkyl halides is 5. The quantitative estimate of drug-likeness (QED) is 0.0672. The molecule has 86 heavy (non-hydrogen) atoms. The number of amides is 1. The number of rotatable bonds is 16. The van der Waals surface area contributed by atoms with Crippen LogP contribution in [0, 0.1) is 24.0 Å². The van der Waals surface area contributed by atoms with Crippen molar-refractivity contribution in [2.45, 2.75) is 135 Å². The summed E-state index contributed by atoms with van der Waals surface area (Å²) in [5.41, 5.74) is -7.00. The van der Waals surface area contributed by atoms with Gasteiger partial charge in [-0.15, -0.1) is 0 Å². The number of benzene rings is 4. The van der Waals surface area contributed by atoms with Gasteiger partial charge in [-0.25, -0.2) is 32.3 Å². The molecule has 22 heteroatoms. The molecule has 3 aliphatic heterocycles. The van der Waals surface area contributed by atoms with Crippen molar-refractivity contribution in [2.24, 2.45) is 5.41 Å². The molecule has 4 aromatic carbocycles. The molecule has 1 amide bonds. The smallest absolute Gasteiger partial charge is 0.418 e. The summed E-state index contributed by atoms with van der Waals surface area (Å²) < 4.78 is 153. The SMILES string of the molecule is COc1ccc(CN(Cc2ccc(OC)cc2)c2nc(C)c(C(F)(F)F)c(-c3nc4c5c(nc(OCC6(CO[Si](c7ccccc7)(c7ccccc7)C(C)(C)C)CC6(F)F)nc5c3F)N3C[C@H]5CC[C@@H]([C@H]3[C@H](C)O4)N5C(=O)OC(C)(C)C)c2F)cc1. The molecule has 0 N–H and O–H groups in total. The number of carbonyl (C=O) groups is 1. The summed E-state index contributed by atoms with van der Waals surface area (Å²) in [5.74, 6) is -6.38. The van der Waals surface area contributed by atoms with Gasteiger partial charge in [0.1, 0.15) is 52.2 Å². The highest BCUT2D eigenvalue weighted by atomic mass is 28.4. The predicted octanol–water partition coefficient (Wildman–Crippen LogP) is 12.6. The van der Waals surface area contributed by atoms with E-state index in [0.717, 1.165) is 17.3 Å². The van der Waals surface area contributed by atoms with Gasteiger partial charge < -0.3 is 37.9 Å². The Labute approximate surface area is 495 Å². The van der Waals surface area contributed by atoms with Gasteiger partial charge in [-0.2, -0.15) is 23.1 Å². The van der Waals surface area contributed by atoms with Gasteiger partial charge in [-0.1, -0.05) is 106 Å². The number of aromatic nitrogens is 4. The zero-order valence-electron chi connectivity index (χ0n) is 49.5. The van der Waals surface area contributed by atoms with Crippen LogP contribution in [0.15, 0.2) is 109 Å². The van der Waals surface area contributed by atoms with E-state index in [4.69, 9.17) is 33.1 Å². The zero-order valence-corrected chi connectivity index (χ0v) is 50.5. The molecule has 11 rings (SSSR count). The number of anilines is 2. The van der Waals surface area contributed by atoms with E-state index < -0.39 is 144 Å². The minimum Gasteiger partial charge on any atom is -0.497 e. The molecule has 7 aromatic rings. The van der Waals surface area contributed by atoms with Crippen LogP contribution >= 0.6 is 0 Å². The third-order valence-corrected chi connectivity index (χ3v) is 21.9. The van der Waals surface area contributed by atoms with Gasteiger partial charge in [0.25, 0.3) is 14.2 Å². The van der Waals surface area contributed by atoms with E-state index in [9.17, 15) is 4.79 Å². The molecule has 2 bridgehead atoms. The Hall–Kier alpha value is -7.72. The van der Waals surface area contributed by atoms with Gasteiger partial charge in [-0.3, -0.25) is 4.90 Å². The summed E-state index contributed by atoms with van der Waals surface area (Å²) in [5, 5.41) is 0.940. The van der Waals surface area contributed by atoms with E-state index in [1.54, 1.807) is 81.1 Å². The van der Waals surface area contributed by atoms with Crippen molar-refractivity contribution < 1.29 is 63.6 Å². The Morgan fingerprint density at radius 2 is 1.34 bits per heavy atom. The maximum atomic E-state index is 18.5. The average Bonchev–Trinajstić information content (AvgIpc) is 1.49. The monoisotopic (exact) mass is 1210 g/mol. The number of hydrogen-bond acceptors (Lipinski definition) is 13. The van der Waals surface area contributed by atoms with E-state index in [1.165, 1.54) is 19.1 Å². The molecule has 1 unspecified atom stereocenters. The standard InChI is InChI=1S/C64H68F7N7O7Si/c1-37-49(64(69,70)71)47(50(65)56(72-37)76(31-39-21-26-42(80-9)27-22-39)32-40-23-28-43(81-10)29-24-40)52-51(66)53-48-55(77-33-41-25-30-46(54(77)38(2)84-57(48)73-52)78(41)59(79)85-60(3,4)5)75-58(74-53)82-35-62(34-63(62,67)68)36-83-86(61(6,7)8,44-17-13-11-14-18-44)45-19-15-12-16-20-45/h11-24,26-29,38,41,46,54H,25,30-36H2,1-10H3/t38-,41+,46-,54+,62?/m0/s1. The fraction of sp³-hybridized carbons (Fsp3) is 0.422. The molecule has 5 atom stereocenters. The fourth-order valence-corrected chi connectivity index (χ4v) is 17.4. The third-order valence-electron chi connectivity index (χ3n) is 16.9.